The topological polar surface area (TPSA) is 106 Å². The summed E-state index contributed by atoms with van der Waals surface area (Å²) in [4.78, 5) is 23.0. The van der Waals surface area contributed by atoms with E-state index in [4.69, 9.17) is 19.0 Å². The van der Waals surface area contributed by atoms with Gasteiger partial charge in [-0.1, -0.05) is 18.2 Å². The van der Waals surface area contributed by atoms with E-state index in [2.05, 4.69) is 0 Å². The average molecular weight is 308 g/mol. The third kappa shape index (κ3) is 3.13. The molecular formula is C15H16O7. The summed E-state index contributed by atoms with van der Waals surface area (Å²) in [6.07, 6.45) is 5.90. The lowest BCUT2D eigenvalue weighted by Gasteiger charge is -2.31. The molecule has 1 aromatic rings. The second-order valence-electron chi connectivity index (χ2n) is 4.91. The van der Waals surface area contributed by atoms with Crippen LogP contribution in [0.25, 0.3) is 0 Å². The second kappa shape index (κ2) is 5.97. The summed E-state index contributed by atoms with van der Waals surface area (Å²) in [5.74, 6) is -2.51. The Labute approximate surface area is 126 Å². The SMILES string of the molecule is Cc1occ(O)c(=O)c1OC(C)(OC(=O)O)C1=CC=CCC1. The maximum atomic E-state index is 12.0. The molecule has 0 fully saturated rings. The molecule has 1 atom stereocenters. The van der Waals surface area contributed by atoms with Crippen LogP contribution in [0.15, 0.2) is 39.3 Å². The van der Waals surface area contributed by atoms with Crippen LogP contribution in [0.2, 0.25) is 0 Å². The van der Waals surface area contributed by atoms with Gasteiger partial charge in [0.05, 0.1) is 0 Å². The van der Waals surface area contributed by atoms with Crippen LogP contribution in [-0.4, -0.2) is 22.2 Å². The highest BCUT2D eigenvalue weighted by Gasteiger charge is 2.37. The highest BCUT2D eigenvalue weighted by molar-refractivity contribution is 5.58. The van der Waals surface area contributed by atoms with Crippen molar-refractivity contribution in [1.29, 1.82) is 0 Å². The van der Waals surface area contributed by atoms with Crippen LogP contribution < -0.4 is 10.2 Å². The molecule has 0 spiro atoms. The van der Waals surface area contributed by atoms with Gasteiger partial charge in [-0.05, 0) is 19.8 Å². The zero-order chi connectivity index (χ0) is 16.3. The number of hydrogen-bond acceptors (Lipinski definition) is 6. The van der Waals surface area contributed by atoms with Crippen molar-refractivity contribution in [2.45, 2.75) is 32.5 Å². The first-order chi connectivity index (χ1) is 10.3. The van der Waals surface area contributed by atoms with Crippen LogP contribution in [-0.2, 0) is 4.74 Å². The molecule has 0 saturated carbocycles. The Balaban J connectivity index is 2.46. The van der Waals surface area contributed by atoms with Gasteiger partial charge in [-0.2, -0.15) is 0 Å². The number of aryl methyl sites for hydroxylation is 1. The summed E-state index contributed by atoms with van der Waals surface area (Å²) in [6, 6.07) is 0. The first-order valence-corrected chi connectivity index (χ1v) is 6.62. The Morgan fingerprint density at radius 2 is 2.18 bits per heavy atom. The minimum absolute atomic E-state index is 0.106. The molecule has 0 radical (unpaired) electrons. The number of rotatable bonds is 4. The first-order valence-electron chi connectivity index (χ1n) is 6.62. The highest BCUT2D eigenvalue weighted by Crippen LogP contribution is 2.32. The lowest BCUT2D eigenvalue weighted by molar-refractivity contribution is -0.114. The third-order valence-electron chi connectivity index (χ3n) is 3.28. The fraction of sp³-hybridized carbons (Fsp3) is 0.333. The summed E-state index contributed by atoms with van der Waals surface area (Å²) >= 11 is 0. The van der Waals surface area contributed by atoms with Gasteiger partial charge >= 0.3 is 6.16 Å². The minimum atomic E-state index is -1.69. The van der Waals surface area contributed by atoms with Crippen LogP contribution in [0.3, 0.4) is 0 Å². The highest BCUT2D eigenvalue weighted by atomic mass is 16.8. The van der Waals surface area contributed by atoms with E-state index < -0.39 is 23.1 Å². The van der Waals surface area contributed by atoms with Crippen molar-refractivity contribution in [2.75, 3.05) is 0 Å². The molecule has 7 nitrogen and oxygen atoms in total. The summed E-state index contributed by atoms with van der Waals surface area (Å²) in [5, 5.41) is 18.4. The van der Waals surface area contributed by atoms with Crippen molar-refractivity contribution in [3.05, 3.63) is 46.0 Å². The van der Waals surface area contributed by atoms with E-state index in [1.807, 2.05) is 6.08 Å². The summed E-state index contributed by atoms with van der Waals surface area (Å²) in [6.45, 7) is 2.86. The largest absolute Gasteiger partial charge is 0.509 e. The van der Waals surface area contributed by atoms with Crippen molar-refractivity contribution < 1.29 is 28.9 Å². The van der Waals surface area contributed by atoms with Gasteiger partial charge in [0.2, 0.25) is 11.5 Å². The third-order valence-corrected chi connectivity index (χ3v) is 3.28. The van der Waals surface area contributed by atoms with Crippen molar-refractivity contribution in [1.82, 2.24) is 0 Å². The quantitative estimate of drug-likeness (QED) is 0.650. The predicted molar refractivity (Wildman–Crippen MR) is 76.0 cm³/mol. The Morgan fingerprint density at radius 3 is 2.77 bits per heavy atom. The molecule has 1 unspecified atom stereocenters. The van der Waals surface area contributed by atoms with Crippen LogP contribution in [0.4, 0.5) is 4.79 Å². The number of allylic oxidation sites excluding steroid dienone is 3. The normalized spacial score (nSPS) is 16.5. The Bertz CT molecular complexity index is 698. The van der Waals surface area contributed by atoms with E-state index in [0.717, 1.165) is 6.26 Å². The van der Waals surface area contributed by atoms with Crippen molar-refractivity contribution >= 4 is 6.16 Å². The number of carbonyl (C=O) groups is 1. The molecule has 0 saturated heterocycles. The molecule has 0 bridgehead atoms. The summed E-state index contributed by atoms with van der Waals surface area (Å²) in [7, 11) is 0. The van der Waals surface area contributed by atoms with Gasteiger partial charge in [-0.15, -0.1) is 0 Å². The van der Waals surface area contributed by atoms with Gasteiger partial charge in [-0.3, -0.25) is 4.79 Å². The second-order valence-corrected chi connectivity index (χ2v) is 4.91. The van der Waals surface area contributed by atoms with Crippen LogP contribution >= 0.6 is 0 Å². The monoisotopic (exact) mass is 308 g/mol. The molecule has 22 heavy (non-hydrogen) atoms. The van der Waals surface area contributed by atoms with Gasteiger partial charge < -0.3 is 24.1 Å². The molecule has 1 aliphatic rings. The van der Waals surface area contributed by atoms with Crippen molar-refractivity contribution in [3.8, 4) is 11.5 Å². The number of hydrogen-bond donors (Lipinski definition) is 2. The molecule has 0 aliphatic heterocycles. The van der Waals surface area contributed by atoms with Crippen LogP contribution in [0.1, 0.15) is 25.5 Å². The molecule has 0 aromatic carbocycles. The first kappa shape index (κ1) is 15.7. The predicted octanol–water partition coefficient (Wildman–Crippen LogP) is 2.72. The fourth-order valence-corrected chi connectivity index (χ4v) is 2.14. The standard InChI is InChI=1S/C15H16O7/c1-9-13(12(17)11(16)8-20-9)21-15(2,22-14(18)19)10-6-4-3-5-7-10/h3-4,6,8,16H,5,7H2,1-2H3,(H,18,19). The van der Waals surface area contributed by atoms with Crippen molar-refractivity contribution in [2.24, 2.45) is 0 Å². The van der Waals surface area contributed by atoms with Crippen molar-refractivity contribution in [3.63, 3.8) is 0 Å². The molecule has 2 rings (SSSR count). The number of carboxylic acid groups (broad SMARTS) is 1. The number of aromatic hydroxyl groups is 1. The molecule has 2 N–H and O–H groups in total. The Kier molecular flexibility index (Phi) is 4.25. The summed E-state index contributed by atoms with van der Waals surface area (Å²) < 4.78 is 15.4. The maximum Gasteiger partial charge on any atom is 0.509 e. The molecule has 1 aliphatic carbocycles. The lowest BCUT2D eigenvalue weighted by atomic mass is 9.97. The van der Waals surface area contributed by atoms with Gasteiger partial charge in [0.1, 0.15) is 12.0 Å². The number of ether oxygens (including phenoxy) is 2. The van der Waals surface area contributed by atoms with Gasteiger partial charge in [0, 0.05) is 12.5 Å². The van der Waals surface area contributed by atoms with E-state index >= 15 is 0 Å². The Hall–Kier alpha value is -2.70. The lowest BCUT2D eigenvalue weighted by Crippen LogP contribution is -2.41. The van der Waals surface area contributed by atoms with Gasteiger partial charge in [-0.25, -0.2) is 4.79 Å². The smallest absolute Gasteiger partial charge is 0.502 e. The maximum absolute atomic E-state index is 12.0. The molecule has 7 heteroatoms. The molecule has 1 heterocycles. The molecule has 0 amide bonds. The van der Waals surface area contributed by atoms with Crippen LogP contribution in [0.5, 0.6) is 11.5 Å². The van der Waals surface area contributed by atoms with Gasteiger partial charge in [0.25, 0.3) is 11.2 Å². The zero-order valence-corrected chi connectivity index (χ0v) is 12.2. The van der Waals surface area contributed by atoms with Crippen LogP contribution in [0, 0.1) is 6.92 Å². The zero-order valence-electron chi connectivity index (χ0n) is 12.2. The van der Waals surface area contributed by atoms with E-state index in [9.17, 15) is 14.7 Å². The minimum Gasteiger partial charge on any atom is -0.502 e. The molecular weight excluding hydrogens is 292 g/mol. The molecule has 118 valence electrons. The average Bonchev–Trinajstić information content (AvgIpc) is 2.48. The van der Waals surface area contributed by atoms with E-state index in [1.165, 1.54) is 13.8 Å². The van der Waals surface area contributed by atoms with E-state index in [0.29, 0.717) is 18.4 Å². The fourth-order valence-electron chi connectivity index (χ4n) is 2.14. The van der Waals surface area contributed by atoms with E-state index in [1.54, 1.807) is 12.2 Å². The van der Waals surface area contributed by atoms with Gasteiger partial charge in [0.15, 0.2) is 0 Å². The summed E-state index contributed by atoms with van der Waals surface area (Å²) in [5.41, 5.74) is -0.240. The molecule has 1 aromatic heterocycles. The Morgan fingerprint density at radius 1 is 1.45 bits per heavy atom. The van der Waals surface area contributed by atoms with E-state index in [-0.39, 0.29) is 11.5 Å².